The Morgan fingerprint density at radius 3 is 2.86 bits per heavy atom. The first-order chi connectivity index (χ1) is 13.8. The van der Waals surface area contributed by atoms with Gasteiger partial charge < -0.3 is 9.15 Å². The Kier molecular flexibility index (Phi) is 4.25. The van der Waals surface area contributed by atoms with Crippen molar-refractivity contribution in [3.63, 3.8) is 0 Å². The van der Waals surface area contributed by atoms with Crippen molar-refractivity contribution in [2.75, 3.05) is 6.61 Å². The van der Waals surface area contributed by atoms with Crippen LogP contribution in [0, 0.1) is 6.92 Å². The van der Waals surface area contributed by atoms with Gasteiger partial charge in [0.1, 0.15) is 11.9 Å². The van der Waals surface area contributed by atoms with Crippen molar-refractivity contribution in [3.8, 4) is 23.0 Å². The van der Waals surface area contributed by atoms with Crippen molar-refractivity contribution in [1.29, 1.82) is 0 Å². The van der Waals surface area contributed by atoms with Gasteiger partial charge in [-0.05, 0) is 66.9 Å². The maximum atomic E-state index is 6.11. The van der Waals surface area contributed by atoms with Gasteiger partial charge in [0.2, 0.25) is 0 Å². The third-order valence-electron chi connectivity index (χ3n) is 4.96. The predicted octanol–water partition coefficient (Wildman–Crippen LogP) is 3.66. The van der Waals surface area contributed by atoms with Crippen LogP contribution in [0.5, 0.6) is 0 Å². The fourth-order valence-electron chi connectivity index (χ4n) is 3.55. The molecule has 0 amide bonds. The fourth-order valence-corrected chi connectivity index (χ4v) is 3.55. The van der Waals surface area contributed by atoms with E-state index in [9.17, 15) is 0 Å². The third-order valence-corrected chi connectivity index (χ3v) is 4.96. The molecule has 0 bridgehead atoms. The van der Waals surface area contributed by atoms with Gasteiger partial charge in [0.05, 0.1) is 5.69 Å². The van der Waals surface area contributed by atoms with Gasteiger partial charge in [-0.1, -0.05) is 6.07 Å². The summed E-state index contributed by atoms with van der Waals surface area (Å²) >= 11 is 0. The molecule has 0 unspecified atom stereocenters. The van der Waals surface area contributed by atoms with Crippen LogP contribution in [0.1, 0.15) is 37.0 Å². The van der Waals surface area contributed by atoms with Crippen molar-refractivity contribution in [3.05, 3.63) is 60.4 Å². The van der Waals surface area contributed by atoms with Crippen LogP contribution in [-0.2, 0) is 4.74 Å². The number of hydrogen-bond donors (Lipinski definition) is 0. The lowest BCUT2D eigenvalue weighted by Crippen LogP contribution is -2.10. The number of nitrogens with zero attached hydrogens (tertiary/aromatic N) is 6. The monoisotopic (exact) mass is 376 g/mol. The molecule has 1 aromatic carbocycles. The normalized spacial score (nSPS) is 17.1. The summed E-state index contributed by atoms with van der Waals surface area (Å²) in [5, 5.41) is 11.7. The molecule has 142 valence electrons. The van der Waals surface area contributed by atoms with Crippen molar-refractivity contribution in [1.82, 2.24) is 29.8 Å². The summed E-state index contributed by atoms with van der Waals surface area (Å²) in [4.78, 5) is 4.51. The smallest absolute Gasteiger partial charge is 0.180 e. The Morgan fingerprint density at radius 2 is 2.04 bits per heavy atom. The lowest BCUT2D eigenvalue weighted by atomic mass is 10.1. The topological polar surface area (TPSA) is 83.8 Å². The van der Waals surface area contributed by atoms with Gasteiger partial charge >= 0.3 is 0 Å². The van der Waals surface area contributed by atoms with Crippen LogP contribution >= 0.6 is 0 Å². The zero-order valence-corrected chi connectivity index (χ0v) is 15.5. The largest absolute Gasteiger partial charge is 0.455 e. The van der Waals surface area contributed by atoms with E-state index in [0.717, 1.165) is 54.0 Å². The highest BCUT2D eigenvalue weighted by molar-refractivity contribution is 5.54. The first kappa shape index (κ1) is 16.9. The molecule has 4 heterocycles. The second kappa shape index (κ2) is 7.05. The van der Waals surface area contributed by atoms with Gasteiger partial charge in [-0.3, -0.25) is 4.57 Å². The number of benzene rings is 1. The molecule has 1 saturated heterocycles. The molecule has 1 atom stereocenters. The summed E-state index contributed by atoms with van der Waals surface area (Å²) < 4.78 is 15.6. The molecule has 1 aliphatic rings. The van der Waals surface area contributed by atoms with Crippen molar-refractivity contribution >= 4 is 0 Å². The average Bonchev–Trinajstić information content (AvgIpc) is 3.49. The lowest BCUT2D eigenvalue weighted by Gasteiger charge is -2.20. The van der Waals surface area contributed by atoms with Gasteiger partial charge in [-0.25, -0.2) is 4.98 Å². The van der Waals surface area contributed by atoms with Gasteiger partial charge in [0, 0.05) is 24.7 Å². The van der Waals surface area contributed by atoms with Crippen LogP contribution in [0.2, 0.25) is 0 Å². The minimum absolute atomic E-state index is 0.0389. The lowest BCUT2D eigenvalue weighted by molar-refractivity contribution is 0.00219. The number of furan rings is 1. The maximum Gasteiger partial charge on any atom is 0.180 e. The molecule has 5 rings (SSSR count). The number of tetrazole rings is 1. The molecular weight excluding hydrogens is 356 g/mol. The van der Waals surface area contributed by atoms with E-state index >= 15 is 0 Å². The van der Waals surface area contributed by atoms with Crippen LogP contribution in [0.4, 0.5) is 0 Å². The molecule has 0 N–H and O–H groups in total. The number of hydrogen-bond acceptors (Lipinski definition) is 6. The Labute approximate surface area is 161 Å². The van der Waals surface area contributed by atoms with E-state index < -0.39 is 0 Å². The number of rotatable bonds is 4. The Morgan fingerprint density at radius 1 is 1.11 bits per heavy atom. The van der Waals surface area contributed by atoms with Crippen LogP contribution < -0.4 is 0 Å². The molecule has 8 heteroatoms. The minimum Gasteiger partial charge on any atom is -0.455 e. The number of aromatic nitrogens is 6. The summed E-state index contributed by atoms with van der Waals surface area (Å²) in [6, 6.07) is 11.9. The molecule has 28 heavy (non-hydrogen) atoms. The summed E-state index contributed by atoms with van der Waals surface area (Å²) in [7, 11) is 0. The molecule has 1 fully saturated rings. The highest BCUT2D eigenvalue weighted by Crippen LogP contribution is 2.32. The van der Waals surface area contributed by atoms with Crippen molar-refractivity contribution < 1.29 is 9.15 Å². The van der Waals surface area contributed by atoms with Crippen molar-refractivity contribution in [2.24, 2.45) is 0 Å². The SMILES string of the molecule is Cc1nnnn1-c1cccc(-n2ccnc2-c2ccc([C@@H]3CCCCO3)o2)c1. The van der Waals surface area contributed by atoms with Crippen molar-refractivity contribution in [2.45, 2.75) is 32.3 Å². The van der Waals surface area contributed by atoms with Crippen LogP contribution in [0.15, 0.2) is 53.2 Å². The molecule has 0 saturated carbocycles. The van der Waals surface area contributed by atoms with Gasteiger partial charge in [-0.2, -0.15) is 4.68 Å². The Balaban J connectivity index is 1.49. The number of ether oxygens (including phenoxy) is 1. The van der Waals surface area contributed by atoms with Crippen LogP contribution in [-0.4, -0.2) is 36.4 Å². The summed E-state index contributed by atoms with van der Waals surface area (Å²) in [5.41, 5.74) is 1.84. The highest BCUT2D eigenvalue weighted by atomic mass is 16.5. The zero-order chi connectivity index (χ0) is 18.9. The third kappa shape index (κ3) is 3.01. The zero-order valence-electron chi connectivity index (χ0n) is 15.5. The van der Waals surface area contributed by atoms with E-state index in [1.165, 1.54) is 6.42 Å². The number of aryl methyl sites for hydroxylation is 1. The molecule has 0 aliphatic carbocycles. The Bertz CT molecular complexity index is 1090. The van der Waals surface area contributed by atoms with E-state index in [2.05, 4.69) is 20.5 Å². The minimum atomic E-state index is 0.0389. The first-order valence-corrected chi connectivity index (χ1v) is 9.40. The quantitative estimate of drug-likeness (QED) is 0.540. The molecule has 4 aromatic rings. The number of imidazole rings is 1. The molecule has 1 aliphatic heterocycles. The first-order valence-electron chi connectivity index (χ1n) is 9.40. The second-order valence-electron chi connectivity index (χ2n) is 6.84. The predicted molar refractivity (Wildman–Crippen MR) is 101 cm³/mol. The van der Waals surface area contributed by atoms with Gasteiger partial charge in [-0.15, -0.1) is 5.10 Å². The van der Waals surface area contributed by atoms with Gasteiger partial charge in [0.15, 0.2) is 17.4 Å². The van der Waals surface area contributed by atoms with E-state index in [1.807, 2.05) is 54.1 Å². The molecular formula is C20H20N6O2. The molecule has 8 nitrogen and oxygen atoms in total. The summed E-state index contributed by atoms with van der Waals surface area (Å²) in [5.74, 6) is 3.05. The average molecular weight is 376 g/mol. The van der Waals surface area contributed by atoms with E-state index in [-0.39, 0.29) is 6.10 Å². The summed E-state index contributed by atoms with van der Waals surface area (Å²) in [6.45, 7) is 2.66. The van der Waals surface area contributed by atoms with E-state index in [0.29, 0.717) is 0 Å². The van der Waals surface area contributed by atoms with E-state index in [4.69, 9.17) is 9.15 Å². The molecule has 3 aromatic heterocycles. The second-order valence-corrected chi connectivity index (χ2v) is 6.84. The summed E-state index contributed by atoms with van der Waals surface area (Å²) in [6.07, 6.45) is 7.00. The standard InChI is InChI=1S/C20H20N6O2/c1-14-22-23-24-26(14)16-6-4-5-15(13-16)25-11-10-21-20(25)19-9-8-18(28-19)17-7-2-3-12-27-17/h4-6,8-11,13,17H,2-3,7,12H2,1H3/t17-/m0/s1. The Hall–Kier alpha value is -3.26. The maximum absolute atomic E-state index is 6.11. The highest BCUT2D eigenvalue weighted by Gasteiger charge is 2.21. The van der Waals surface area contributed by atoms with E-state index in [1.54, 1.807) is 10.9 Å². The molecule has 0 spiro atoms. The van der Waals surface area contributed by atoms with Gasteiger partial charge in [0.25, 0.3) is 0 Å². The fraction of sp³-hybridized carbons (Fsp3) is 0.300. The molecule has 0 radical (unpaired) electrons. The van der Waals surface area contributed by atoms with Crippen LogP contribution in [0.3, 0.4) is 0 Å². The van der Waals surface area contributed by atoms with Crippen LogP contribution in [0.25, 0.3) is 23.0 Å².